The average molecular weight is 461 g/mol. The van der Waals surface area contributed by atoms with Crippen LogP contribution in [0.15, 0.2) is 36.7 Å². The molecule has 2 aliphatic rings. The number of nitrogens with zero attached hydrogens (tertiary/aromatic N) is 4. The van der Waals surface area contributed by atoms with Crippen molar-refractivity contribution >= 4 is 22.9 Å². The zero-order valence-electron chi connectivity index (χ0n) is 18.0. The highest BCUT2D eigenvalue weighted by Crippen LogP contribution is 2.34. The summed E-state index contributed by atoms with van der Waals surface area (Å²) in [6.45, 7) is 5.20. The van der Waals surface area contributed by atoms with E-state index >= 15 is 0 Å². The predicted molar refractivity (Wildman–Crippen MR) is 116 cm³/mol. The Morgan fingerprint density at radius 1 is 1.15 bits per heavy atom. The first kappa shape index (κ1) is 21.7. The summed E-state index contributed by atoms with van der Waals surface area (Å²) in [6.07, 6.45) is 0.401. The van der Waals surface area contributed by atoms with E-state index in [4.69, 9.17) is 0 Å². The van der Waals surface area contributed by atoms with Gasteiger partial charge in [-0.25, -0.2) is 9.37 Å². The van der Waals surface area contributed by atoms with Crippen LogP contribution in [0.4, 0.5) is 28.9 Å². The number of fused-ring (bicyclic) bond motifs is 2. The number of piperazine rings is 1. The summed E-state index contributed by atoms with van der Waals surface area (Å²) in [5.41, 5.74) is -0.452. The number of hydrogen-bond acceptors (Lipinski definition) is 4. The normalized spacial score (nSPS) is 19.2. The molecule has 1 aromatic carbocycles. The maximum absolute atomic E-state index is 14.9. The fourth-order valence-corrected chi connectivity index (χ4v) is 4.81. The van der Waals surface area contributed by atoms with E-state index in [1.54, 1.807) is 13.0 Å². The molecule has 10 heteroatoms. The van der Waals surface area contributed by atoms with E-state index in [9.17, 15) is 22.4 Å². The van der Waals surface area contributed by atoms with Gasteiger partial charge in [0.15, 0.2) is 0 Å². The molecule has 1 unspecified atom stereocenters. The van der Waals surface area contributed by atoms with Crippen LogP contribution >= 0.6 is 0 Å². The summed E-state index contributed by atoms with van der Waals surface area (Å²) in [7, 11) is 0. The number of aryl methyl sites for hydroxylation is 1. The lowest BCUT2D eigenvalue weighted by molar-refractivity contribution is -0.136. The SMILES string of the molecule is Cc1cn2cc(NC(=O)c3ccc(N4CCN5CCCC5C4)cc3F)cc(C(F)(F)F)c2n1. The van der Waals surface area contributed by atoms with E-state index in [1.807, 2.05) is 0 Å². The summed E-state index contributed by atoms with van der Waals surface area (Å²) in [5, 5.41) is 2.39. The Kier molecular flexibility index (Phi) is 5.27. The third-order valence-electron chi connectivity index (χ3n) is 6.38. The third kappa shape index (κ3) is 4.15. The first-order valence-corrected chi connectivity index (χ1v) is 10.9. The number of alkyl halides is 3. The molecule has 174 valence electrons. The number of imidazole rings is 1. The Morgan fingerprint density at radius 2 is 1.97 bits per heavy atom. The fraction of sp³-hybridized carbons (Fsp3) is 0.391. The zero-order chi connectivity index (χ0) is 23.3. The molecular formula is C23H23F4N5O. The summed E-state index contributed by atoms with van der Waals surface area (Å²) < 4.78 is 56.6. The lowest BCUT2D eigenvalue weighted by Gasteiger charge is -2.38. The van der Waals surface area contributed by atoms with Crippen LogP contribution in [0.2, 0.25) is 0 Å². The number of nitrogens with one attached hydrogen (secondary N) is 1. The van der Waals surface area contributed by atoms with Crippen molar-refractivity contribution in [3.05, 3.63) is 59.3 Å². The highest BCUT2D eigenvalue weighted by atomic mass is 19.4. The van der Waals surface area contributed by atoms with Crippen molar-refractivity contribution in [3.63, 3.8) is 0 Å². The van der Waals surface area contributed by atoms with Gasteiger partial charge in [0.1, 0.15) is 17.0 Å². The van der Waals surface area contributed by atoms with Crippen molar-refractivity contribution in [2.24, 2.45) is 0 Å². The van der Waals surface area contributed by atoms with Crippen molar-refractivity contribution in [2.45, 2.75) is 32.0 Å². The largest absolute Gasteiger partial charge is 0.420 e. The van der Waals surface area contributed by atoms with Crippen LogP contribution in [0.25, 0.3) is 5.65 Å². The minimum atomic E-state index is -4.66. The standard InChI is InChI=1S/C23H23F4N5O/c1-14-11-32-12-15(9-19(21(32)28-14)23(25,26)27)29-22(33)18-5-4-16(10-20(18)24)31-8-7-30-6-2-3-17(30)13-31/h4-5,9-12,17H,2-3,6-8,13H2,1H3,(H,29,33). The molecule has 2 saturated heterocycles. The second-order valence-electron chi connectivity index (χ2n) is 8.65. The van der Waals surface area contributed by atoms with E-state index in [-0.39, 0.29) is 16.9 Å². The van der Waals surface area contributed by atoms with Gasteiger partial charge in [-0.2, -0.15) is 13.2 Å². The number of carbonyl (C=O) groups excluding carboxylic acids is 1. The van der Waals surface area contributed by atoms with Gasteiger partial charge in [0.2, 0.25) is 0 Å². The van der Waals surface area contributed by atoms with E-state index in [0.29, 0.717) is 17.4 Å². The Bertz CT molecular complexity index is 1220. The zero-order valence-corrected chi connectivity index (χ0v) is 18.0. The molecule has 2 fully saturated rings. The van der Waals surface area contributed by atoms with Gasteiger partial charge in [0.25, 0.3) is 5.91 Å². The van der Waals surface area contributed by atoms with Crippen molar-refractivity contribution in [2.75, 3.05) is 36.4 Å². The van der Waals surface area contributed by atoms with Gasteiger partial charge in [-0.3, -0.25) is 9.69 Å². The smallest absolute Gasteiger partial charge is 0.369 e. The number of hydrogen-bond donors (Lipinski definition) is 1. The molecule has 2 aromatic heterocycles. The number of pyridine rings is 1. The molecule has 6 nitrogen and oxygen atoms in total. The molecule has 4 heterocycles. The van der Waals surface area contributed by atoms with E-state index < -0.39 is 23.5 Å². The molecule has 0 radical (unpaired) electrons. The van der Waals surface area contributed by atoms with Gasteiger partial charge in [0.05, 0.1) is 16.9 Å². The highest BCUT2D eigenvalue weighted by molar-refractivity contribution is 6.04. The first-order valence-electron chi connectivity index (χ1n) is 10.9. The third-order valence-corrected chi connectivity index (χ3v) is 6.38. The monoisotopic (exact) mass is 461 g/mol. The number of carbonyl (C=O) groups is 1. The molecule has 1 atom stereocenters. The summed E-state index contributed by atoms with van der Waals surface area (Å²) in [6, 6.07) is 5.67. The maximum Gasteiger partial charge on any atom is 0.420 e. The number of aromatic nitrogens is 2. The second kappa shape index (κ2) is 8.02. The Morgan fingerprint density at radius 3 is 2.73 bits per heavy atom. The molecular weight excluding hydrogens is 438 g/mol. The topological polar surface area (TPSA) is 52.9 Å². The highest BCUT2D eigenvalue weighted by Gasteiger charge is 2.35. The number of amides is 1. The lowest BCUT2D eigenvalue weighted by atomic mass is 10.1. The van der Waals surface area contributed by atoms with Crippen LogP contribution < -0.4 is 10.2 Å². The van der Waals surface area contributed by atoms with E-state index in [0.717, 1.165) is 38.7 Å². The van der Waals surface area contributed by atoms with Crippen molar-refractivity contribution in [3.8, 4) is 0 Å². The van der Waals surface area contributed by atoms with Crippen LogP contribution in [-0.2, 0) is 6.18 Å². The average Bonchev–Trinajstić information content (AvgIpc) is 3.37. The molecule has 5 rings (SSSR count). The lowest BCUT2D eigenvalue weighted by Crippen LogP contribution is -2.50. The molecule has 0 saturated carbocycles. The number of rotatable bonds is 3. The van der Waals surface area contributed by atoms with Gasteiger partial charge in [-0.15, -0.1) is 0 Å². The summed E-state index contributed by atoms with van der Waals surface area (Å²) >= 11 is 0. The molecule has 1 amide bonds. The number of halogens is 4. The van der Waals surface area contributed by atoms with Crippen LogP contribution in [0.5, 0.6) is 0 Å². The van der Waals surface area contributed by atoms with Crippen molar-refractivity contribution in [1.29, 1.82) is 0 Å². The van der Waals surface area contributed by atoms with Crippen LogP contribution in [0.3, 0.4) is 0 Å². The summed E-state index contributed by atoms with van der Waals surface area (Å²) in [5.74, 6) is -1.53. The number of anilines is 2. The van der Waals surface area contributed by atoms with Gasteiger partial charge in [-0.05, 0) is 50.6 Å². The van der Waals surface area contributed by atoms with E-state index in [1.165, 1.54) is 35.3 Å². The van der Waals surface area contributed by atoms with Crippen LogP contribution in [0, 0.1) is 12.7 Å². The Balaban J connectivity index is 1.37. The van der Waals surface area contributed by atoms with Gasteiger partial charge in [0, 0.05) is 43.8 Å². The molecule has 33 heavy (non-hydrogen) atoms. The molecule has 0 spiro atoms. The molecule has 2 aliphatic heterocycles. The fourth-order valence-electron chi connectivity index (χ4n) is 4.81. The van der Waals surface area contributed by atoms with Crippen molar-refractivity contribution < 1.29 is 22.4 Å². The minimum absolute atomic E-state index is 0.0990. The van der Waals surface area contributed by atoms with Gasteiger partial charge in [-0.1, -0.05) is 0 Å². The summed E-state index contributed by atoms with van der Waals surface area (Å²) in [4.78, 5) is 21.2. The maximum atomic E-state index is 14.9. The second-order valence-corrected chi connectivity index (χ2v) is 8.65. The molecule has 3 aromatic rings. The molecule has 0 bridgehead atoms. The number of benzene rings is 1. The van der Waals surface area contributed by atoms with Gasteiger partial charge < -0.3 is 14.6 Å². The minimum Gasteiger partial charge on any atom is -0.369 e. The first-order chi connectivity index (χ1) is 15.7. The molecule has 0 aliphatic carbocycles. The predicted octanol–water partition coefficient (Wildman–Crippen LogP) is 4.34. The molecule has 1 N–H and O–H groups in total. The quantitative estimate of drug-likeness (QED) is 0.590. The van der Waals surface area contributed by atoms with E-state index in [2.05, 4.69) is 20.1 Å². The van der Waals surface area contributed by atoms with Crippen LogP contribution in [-0.4, -0.2) is 52.4 Å². The Hall–Kier alpha value is -3.14. The van der Waals surface area contributed by atoms with Crippen molar-refractivity contribution in [1.82, 2.24) is 14.3 Å². The van der Waals surface area contributed by atoms with Crippen LogP contribution in [0.1, 0.15) is 34.5 Å². The Labute approximate surface area is 187 Å². The van der Waals surface area contributed by atoms with Gasteiger partial charge >= 0.3 is 6.18 Å².